The second kappa shape index (κ2) is 9.82. The first-order chi connectivity index (χ1) is 14.7. The minimum Gasteiger partial charge on any atom is -0.324 e. The number of nitrogens with one attached hydrogen (secondary N) is 1. The highest BCUT2D eigenvalue weighted by Crippen LogP contribution is 2.28. The number of carbonyl (C=O) groups is 1. The molecule has 7 heteroatoms. The van der Waals surface area contributed by atoms with Crippen molar-refractivity contribution in [3.8, 4) is 0 Å². The van der Waals surface area contributed by atoms with Gasteiger partial charge in [0.05, 0.1) is 10.6 Å². The lowest BCUT2D eigenvalue weighted by Crippen LogP contribution is -2.38. The van der Waals surface area contributed by atoms with E-state index in [-0.39, 0.29) is 17.4 Å². The van der Waals surface area contributed by atoms with Crippen molar-refractivity contribution in [1.82, 2.24) is 0 Å². The van der Waals surface area contributed by atoms with Gasteiger partial charge in [-0.05, 0) is 83.0 Å². The van der Waals surface area contributed by atoms with Crippen LogP contribution in [-0.4, -0.2) is 20.9 Å². The predicted octanol–water partition coefficient (Wildman–Crippen LogP) is 5.56. The number of hydrogen-bond acceptors (Lipinski definition) is 3. The SMILES string of the molecule is Cc1cccc(C(C)C)c1NC(=O)CN(c1ccc(I)cc1)S(=O)(=O)c1ccccc1. The number of halogens is 1. The van der Waals surface area contributed by atoms with Gasteiger partial charge in [0.1, 0.15) is 6.54 Å². The molecule has 0 heterocycles. The van der Waals surface area contributed by atoms with Crippen molar-refractivity contribution in [2.45, 2.75) is 31.6 Å². The molecule has 0 spiro atoms. The van der Waals surface area contributed by atoms with Gasteiger partial charge in [-0.25, -0.2) is 8.42 Å². The molecule has 0 unspecified atom stereocenters. The largest absolute Gasteiger partial charge is 0.324 e. The van der Waals surface area contributed by atoms with Gasteiger partial charge < -0.3 is 5.32 Å². The Hall–Kier alpha value is -2.39. The first-order valence-corrected chi connectivity index (χ1v) is 12.4. The molecular formula is C24H25IN2O3S. The van der Waals surface area contributed by atoms with Gasteiger partial charge in [-0.2, -0.15) is 0 Å². The standard InChI is InChI=1S/C24H25IN2O3S/c1-17(2)22-11-7-8-18(3)24(22)26-23(28)16-27(20-14-12-19(25)13-15-20)31(29,30)21-9-5-4-6-10-21/h4-15,17H,16H2,1-3H3,(H,26,28). The number of anilines is 2. The van der Waals surface area contributed by atoms with E-state index in [9.17, 15) is 13.2 Å². The first kappa shape index (κ1) is 23.3. The Morgan fingerprint density at radius 1 is 0.968 bits per heavy atom. The number of sulfonamides is 1. The first-order valence-electron chi connectivity index (χ1n) is 9.93. The van der Waals surface area contributed by atoms with Crippen molar-refractivity contribution in [2.24, 2.45) is 0 Å². The summed E-state index contributed by atoms with van der Waals surface area (Å²) in [6.45, 7) is 5.72. The van der Waals surface area contributed by atoms with Gasteiger partial charge in [-0.15, -0.1) is 0 Å². The third-order valence-corrected chi connectivity index (χ3v) is 7.43. The predicted molar refractivity (Wildman–Crippen MR) is 134 cm³/mol. The molecule has 3 rings (SSSR count). The van der Waals surface area contributed by atoms with E-state index in [0.29, 0.717) is 5.69 Å². The van der Waals surface area contributed by atoms with Crippen LogP contribution in [0.3, 0.4) is 0 Å². The second-order valence-electron chi connectivity index (χ2n) is 7.54. The van der Waals surface area contributed by atoms with E-state index < -0.39 is 15.9 Å². The van der Waals surface area contributed by atoms with Crippen LogP contribution in [-0.2, 0) is 14.8 Å². The molecular weight excluding hydrogens is 523 g/mol. The van der Waals surface area contributed by atoms with Gasteiger partial charge in [0.2, 0.25) is 5.91 Å². The quantitative estimate of drug-likeness (QED) is 0.394. The van der Waals surface area contributed by atoms with E-state index >= 15 is 0 Å². The van der Waals surface area contributed by atoms with E-state index in [1.807, 2.05) is 37.3 Å². The Kier molecular flexibility index (Phi) is 7.38. The van der Waals surface area contributed by atoms with Crippen LogP contribution in [0.5, 0.6) is 0 Å². The molecule has 0 aliphatic carbocycles. The number of benzene rings is 3. The molecule has 3 aromatic rings. The van der Waals surface area contributed by atoms with Crippen LogP contribution < -0.4 is 9.62 Å². The lowest BCUT2D eigenvalue weighted by molar-refractivity contribution is -0.114. The smallest absolute Gasteiger partial charge is 0.264 e. The summed E-state index contributed by atoms with van der Waals surface area (Å²) in [7, 11) is -3.92. The van der Waals surface area contributed by atoms with E-state index in [1.165, 1.54) is 12.1 Å². The summed E-state index contributed by atoms with van der Waals surface area (Å²) < 4.78 is 28.9. The highest BCUT2D eigenvalue weighted by molar-refractivity contribution is 14.1. The molecule has 0 aromatic heterocycles. The Morgan fingerprint density at radius 3 is 2.23 bits per heavy atom. The molecule has 162 valence electrons. The van der Waals surface area contributed by atoms with Crippen molar-refractivity contribution in [2.75, 3.05) is 16.2 Å². The van der Waals surface area contributed by atoms with Gasteiger partial charge in [-0.1, -0.05) is 50.2 Å². The van der Waals surface area contributed by atoms with Gasteiger partial charge in [0.15, 0.2) is 0 Å². The Morgan fingerprint density at radius 2 is 1.61 bits per heavy atom. The molecule has 3 aromatic carbocycles. The summed E-state index contributed by atoms with van der Waals surface area (Å²) in [4.78, 5) is 13.2. The third kappa shape index (κ3) is 5.46. The topological polar surface area (TPSA) is 66.5 Å². The number of aryl methyl sites for hydroxylation is 1. The Labute approximate surface area is 197 Å². The molecule has 5 nitrogen and oxygen atoms in total. The minimum atomic E-state index is -3.92. The summed E-state index contributed by atoms with van der Waals surface area (Å²) in [5.74, 6) is -0.176. The van der Waals surface area contributed by atoms with Gasteiger partial charge >= 0.3 is 0 Å². The number of hydrogen-bond donors (Lipinski definition) is 1. The Bertz CT molecular complexity index is 1160. The molecule has 0 aliphatic heterocycles. The van der Waals surface area contributed by atoms with Crippen LogP contribution in [0, 0.1) is 10.5 Å². The van der Waals surface area contributed by atoms with Crippen molar-refractivity contribution in [3.05, 3.63) is 87.5 Å². The normalized spacial score (nSPS) is 11.4. The maximum atomic E-state index is 13.4. The van der Waals surface area contributed by atoms with Gasteiger partial charge in [-0.3, -0.25) is 9.10 Å². The zero-order valence-electron chi connectivity index (χ0n) is 17.7. The fourth-order valence-electron chi connectivity index (χ4n) is 3.29. The zero-order chi connectivity index (χ0) is 22.6. The molecule has 1 amide bonds. The van der Waals surface area contributed by atoms with Gasteiger partial charge in [0.25, 0.3) is 10.0 Å². The van der Waals surface area contributed by atoms with E-state index in [2.05, 4.69) is 41.8 Å². The fraction of sp³-hybridized carbons (Fsp3) is 0.208. The lowest BCUT2D eigenvalue weighted by atomic mass is 9.98. The highest BCUT2D eigenvalue weighted by atomic mass is 127. The Balaban J connectivity index is 1.97. The molecule has 0 aliphatic rings. The van der Waals surface area contributed by atoms with E-state index in [4.69, 9.17) is 0 Å². The van der Waals surface area contributed by atoms with Crippen LogP contribution in [0.1, 0.15) is 30.9 Å². The van der Waals surface area contributed by atoms with Crippen LogP contribution in [0.15, 0.2) is 77.7 Å². The molecule has 0 saturated carbocycles. The summed E-state index contributed by atoms with van der Waals surface area (Å²) in [6.07, 6.45) is 0. The number of nitrogens with zero attached hydrogens (tertiary/aromatic N) is 1. The molecule has 1 N–H and O–H groups in total. The maximum Gasteiger partial charge on any atom is 0.264 e. The highest BCUT2D eigenvalue weighted by Gasteiger charge is 2.27. The number of rotatable bonds is 7. The average Bonchev–Trinajstić information content (AvgIpc) is 2.74. The molecule has 0 radical (unpaired) electrons. The van der Waals surface area contributed by atoms with Crippen LogP contribution >= 0.6 is 22.6 Å². The van der Waals surface area contributed by atoms with E-state index in [0.717, 1.165) is 24.7 Å². The van der Waals surface area contributed by atoms with E-state index in [1.54, 1.807) is 30.3 Å². The molecule has 0 atom stereocenters. The number of para-hydroxylation sites is 1. The van der Waals surface area contributed by atoms with Crippen molar-refractivity contribution < 1.29 is 13.2 Å². The average molecular weight is 548 g/mol. The van der Waals surface area contributed by atoms with Crippen LogP contribution in [0.25, 0.3) is 0 Å². The fourth-order valence-corrected chi connectivity index (χ4v) is 5.10. The van der Waals surface area contributed by atoms with Crippen molar-refractivity contribution in [3.63, 3.8) is 0 Å². The third-order valence-electron chi connectivity index (χ3n) is 4.92. The van der Waals surface area contributed by atoms with Gasteiger partial charge in [0, 0.05) is 9.26 Å². The number of carbonyl (C=O) groups excluding carboxylic acids is 1. The minimum absolute atomic E-state index is 0.139. The summed E-state index contributed by atoms with van der Waals surface area (Å²) in [5, 5.41) is 2.95. The second-order valence-corrected chi connectivity index (χ2v) is 10.7. The summed E-state index contributed by atoms with van der Waals surface area (Å²) in [6, 6.07) is 21.1. The maximum absolute atomic E-state index is 13.4. The monoisotopic (exact) mass is 548 g/mol. The zero-order valence-corrected chi connectivity index (χ0v) is 20.6. The summed E-state index contributed by atoms with van der Waals surface area (Å²) in [5.41, 5.74) is 3.13. The summed E-state index contributed by atoms with van der Waals surface area (Å²) >= 11 is 2.16. The lowest BCUT2D eigenvalue weighted by Gasteiger charge is -2.25. The molecule has 31 heavy (non-hydrogen) atoms. The van der Waals surface area contributed by atoms with Crippen LogP contribution in [0.4, 0.5) is 11.4 Å². The molecule has 0 saturated heterocycles. The number of amides is 1. The van der Waals surface area contributed by atoms with Crippen LogP contribution in [0.2, 0.25) is 0 Å². The van der Waals surface area contributed by atoms with Crippen molar-refractivity contribution >= 4 is 49.9 Å². The van der Waals surface area contributed by atoms with Crippen molar-refractivity contribution in [1.29, 1.82) is 0 Å². The molecule has 0 bridgehead atoms. The molecule has 0 fully saturated rings.